The van der Waals surface area contributed by atoms with Crippen LogP contribution in [0.4, 0.5) is 5.69 Å². The van der Waals surface area contributed by atoms with Crippen LogP contribution in [0, 0.1) is 0 Å². The van der Waals surface area contributed by atoms with E-state index in [9.17, 15) is 14.4 Å². The van der Waals surface area contributed by atoms with Gasteiger partial charge in [-0.2, -0.15) is 0 Å². The van der Waals surface area contributed by atoms with Crippen molar-refractivity contribution in [3.8, 4) is 11.5 Å². The third kappa shape index (κ3) is 5.27. The van der Waals surface area contributed by atoms with Crippen molar-refractivity contribution in [3.05, 3.63) is 58.5 Å². The predicted octanol–water partition coefficient (Wildman–Crippen LogP) is 3.48. The second-order valence-electron chi connectivity index (χ2n) is 6.50. The number of thioether (sulfide) groups is 1. The molecule has 2 aromatic carbocycles. The van der Waals surface area contributed by atoms with E-state index in [1.54, 1.807) is 36.4 Å². The number of ether oxygens (including phenoxy) is 2. The first-order chi connectivity index (χ1) is 15.3. The Morgan fingerprint density at radius 3 is 2.59 bits per heavy atom. The summed E-state index contributed by atoms with van der Waals surface area (Å²) in [5.41, 5.74) is 1.20. The third-order valence-corrected chi connectivity index (χ3v) is 5.37. The van der Waals surface area contributed by atoms with E-state index >= 15 is 0 Å². The number of methoxy groups -OCH3 is 1. The maximum atomic E-state index is 12.9. The number of likely N-dealkylation sites (N-methyl/N-ethyl adjacent to an activating group) is 1. The molecule has 1 amide bonds. The highest BCUT2D eigenvalue weighted by Gasteiger charge is 2.32. The molecule has 0 bridgehead atoms. The Morgan fingerprint density at radius 1 is 1.16 bits per heavy atom. The summed E-state index contributed by atoms with van der Waals surface area (Å²) in [4.78, 5) is 41.2. The fourth-order valence-electron chi connectivity index (χ4n) is 2.87. The average Bonchev–Trinajstić information content (AvgIpc) is 3.06. The first-order valence-corrected chi connectivity index (χ1v) is 10.3. The minimum atomic E-state index is -1.11. The number of hydrogen-bond donors (Lipinski definition) is 2. The molecule has 1 fully saturated rings. The van der Waals surface area contributed by atoms with E-state index in [-0.39, 0.29) is 17.2 Å². The van der Waals surface area contributed by atoms with Crippen LogP contribution in [-0.2, 0) is 9.59 Å². The summed E-state index contributed by atoms with van der Waals surface area (Å²) >= 11 is 1.18. The molecule has 2 aromatic rings. The number of aliphatic imine (C=N–C) groups is 1. The van der Waals surface area contributed by atoms with Crippen molar-refractivity contribution >= 4 is 46.5 Å². The van der Waals surface area contributed by atoms with Gasteiger partial charge in [0.15, 0.2) is 23.3 Å². The molecule has 0 atom stereocenters. The van der Waals surface area contributed by atoms with Crippen LogP contribution >= 0.6 is 11.8 Å². The van der Waals surface area contributed by atoms with Crippen molar-refractivity contribution in [1.82, 2.24) is 4.90 Å². The summed E-state index contributed by atoms with van der Waals surface area (Å²) in [5.74, 6) is -1.77. The number of benzene rings is 2. The Labute approximate surface area is 188 Å². The molecule has 0 unspecified atom stereocenters. The van der Waals surface area contributed by atoms with Crippen LogP contribution in [0.25, 0.3) is 6.08 Å². The number of carbonyl (C=O) groups excluding carboxylic acids is 1. The van der Waals surface area contributed by atoms with E-state index < -0.39 is 18.5 Å². The minimum Gasteiger partial charge on any atom is -0.493 e. The zero-order valence-corrected chi connectivity index (χ0v) is 18.1. The topological polar surface area (TPSA) is 126 Å². The van der Waals surface area contributed by atoms with Crippen molar-refractivity contribution in [2.45, 2.75) is 6.92 Å². The molecule has 0 aliphatic carbocycles. The molecule has 1 heterocycles. The van der Waals surface area contributed by atoms with Crippen LogP contribution in [0.2, 0.25) is 0 Å². The zero-order valence-electron chi connectivity index (χ0n) is 17.3. The van der Waals surface area contributed by atoms with E-state index in [2.05, 4.69) is 4.99 Å². The first-order valence-electron chi connectivity index (χ1n) is 9.48. The fraction of sp³-hybridized carbons (Fsp3) is 0.182. The number of rotatable bonds is 8. The molecule has 1 aliphatic rings. The molecular formula is C22H20N2O7S. The number of carboxylic acid groups (broad SMARTS) is 2. The smallest absolute Gasteiger partial charge is 0.341 e. The molecule has 10 heteroatoms. The van der Waals surface area contributed by atoms with Crippen molar-refractivity contribution in [2.75, 3.05) is 20.3 Å². The Hall–Kier alpha value is -3.79. The molecule has 0 aromatic heterocycles. The SMILES string of the molecule is CCN1C(=O)C(=Cc2ccc(OCC(=O)O)c(OC)c2)SC1=Nc1cccc(C(=O)O)c1. The van der Waals surface area contributed by atoms with E-state index in [4.69, 9.17) is 19.7 Å². The standard InChI is InChI=1S/C22H20N2O7S/c1-3-24-20(27)18(32-22(24)23-15-6-4-5-14(11-15)21(28)29)10-13-7-8-16(17(9-13)30-2)31-12-19(25)26/h4-11H,3,12H2,1-2H3,(H,25,26)(H,28,29). The summed E-state index contributed by atoms with van der Waals surface area (Å²) in [6.45, 7) is 1.72. The number of nitrogens with zero attached hydrogens (tertiary/aromatic N) is 2. The van der Waals surface area contributed by atoms with Gasteiger partial charge in [-0.15, -0.1) is 0 Å². The second-order valence-corrected chi connectivity index (χ2v) is 7.51. The van der Waals surface area contributed by atoms with Crippen LogP contribution < -0.4 is 9.47 Å². The lowest BCUT2D eigenvalue weighted by Crippen LogP contribution is -2.28. The number of aromatic carboxylic acids is 1. The number of amidine groups is 1. The Kier molecular flexibility index (Phi) is 7.16. The monoisotopic (exact) mass is 456 g/mol. The normalized spacial score (nSPS) is 15.9. The summed E-state index contributed by atoms with van der Waals surface area (Å²) in [5, 5.41) is 18.4. The van der Waals surface area contributed by atoms with Gasteiger partial charge < -0.3 is 19.7 Å². The number of hydrogen-bond acceptors (Lipinski definition) is 7. The lowest BCUT2D eigenvalue weighted by atomic mass is 10.2. The van der Waals surface area contributed by atoms with Crippen LogP contribution in [0.15, 0.2) is 52.4 Å². The van der Waals surface area contributed by atoms with E-state index in [0.717, 1.165) is 0 Å². The maximum Gasteiger partial charge on any atom is 0.341 e. The highest BCUT2D eigenvalue weighted by Crippen LogP contribution is 2.35. The lowest BCUT2D eigenvalue weighted by molar-refractivity contribution is -0.139. The van der Waals surface area contributed by atoms with Crippen LogP contribution in [0.3, 0.4) is 0 Å². The van der Waals surface area contributed by atoms with Gasteiger partial charge >= 0.3 is 11.9 Å². The quantitative estimate of drug-likeness (QED) is 0.578. The summed E-state index contributed by atoms with van der Waals surface area (Å²) in [6, 6.07) is 11.1. The largest absolute Gasteiger partial charge is 0.493 e. The molecule has 0 spiro atoms. The predicted molar refractivity (Wildman–Crippen MR) is 120 cm³/mol. The van der Waals surface area contributed by atoms with Crippen LogP contribution in [0.1, 0.15) is 22.8 Å². The summed E-state index contributed by atoms with van der Waals surface area (Å²) < 4.78 is 10.5. The van der Waals surface area contributed by atoms with Crippen molar-refractivity contribution in [2.24, 2.45) is 4.99 Å². The van der Waals surface area contributed by atoms with E-state index in [1.807, 2.05) is 6.92 Å². The number of aliphatic carboxylic acids is 1. The van der Waals surface area contributed by atoms with E-state index in [1.165, 1.54) is 35.9 Å². The van der Waals surface area contributed by atoms with Gasteiger partial charge in [-0.05, 0) is 60.7 Å². The molecular weight excluding hydrogens is 436 g/mol. The molecule has 1 saturated heterocycles. The average molecular weight is 456 g/mol. The van der Waals surface area contributed by atoms with Gasteiger partial charge in [-0.3, -0.25) is 9.69 Å². The van der Waals surface area contributed by atoms with Crippen molar-refractivity contribution in [1.29, 1.82) is 0 Å². The van der Waals surface area contributed by atoms with Gasteiger partial charge in [0, 0.05) is 6.54 Å². The number of amides is 1. The molecule has 32 heavy (non-hydrogen) atoms. The first kappa shape index (κ1) is 22.9. The number of carboxylic acids is 2. The van der Waals surface area contributed by atoms with Gasteiger partial charge in [0.05, 0.1) is 23.3 Å². The Bertz CT molecular complexity index is 1130. The lowest BCUT2D eigenvalue weighted by Gasteiger charge is -2.12. The highest BCUT2D eigenvalue weighted by molar-refractivity contribution is 8.18. The molecule has 1 aliphatic heterocycles. The Morgan fingerprint density at radius 2 is 1.94 bits per heavy atom. The molecule has 166 valence electrons. The molecule has 9 nitrogen and oxygen atoms in total. The van der Waals surface area contributed by atoms with Crippen LogP contribution in [-0.4, -0.2) is 58.4 Å². The Balaban J connectivity index is 1.89. The zero-order chi connectivity index (χ0) is 23.3. The third-order valence-electron chi connectivity index (χ3n) is 4.36. The molecule has 0 radical (unpaired) electrons. The maximum absolute atomic E-state index is 12.9. The summed E-state index contributed by atoms with van der Waals surface area (Å²) in [7, 11) is 1.43. The molecule has 2 N–H and O–H groups in total. The fourth-order valence-corrected chi connectivity index (χ4v) is 3.94. The number of carbonyl (C=O) groups is 3. The molecule has 3 rings (SSSR count). The molecule has 0 saturated carbocycles. The van der Waals surface area contributed by atoms with Crippen molar-refractivity contribution < 1.29 is 34.1 Å². The second kappa shape index (κ2) is 10.0. The van der Waals surface area contributed by atoms with Gasteiger partial charge in [0.1, 0.15) is 0 Å². The van der Waals surface area contributed by atoms with Gasteiger partial charge in [0.2, 0.25) is 0 Å². The minimum absolute atomic E-state index is 0.109. The van der Waals surface area contributed by atoms with Crippen molar-refractivity contribution in [3.63, 3.8) is 0 Å². The van der Waals surface area contributed by atoms with Gasteiger partial charge in [-0.25, -0.2) is 14.6 Å². The van der Waals surface area contributed by atoms with Gasteiger partial charge in [-0.1, -0.05) is 12.1 Å². The summed E-state index contributed by atoms with van der Waals surface area (Å²) in [6.07, 6.45) is 1.68. The van der Waals surface area contributed by atoms with Gasteiger partial charge in [0.25, 0.3) is 5.91 Å². The highest BCUT2D eigenvalue weighted by atomic mass is 32.2. The van der Waals surface area contributed by atoms with Crippen LogP contribution in [0.5, 0.6) is 11.5 Å². The van der Waals surface area contributed by atoms with E-state index in [0.29, 0.717) is 33.6 Å².